The Morgan fingerprint density at radius 1 is 1.12 bits per heavy atom. The molecule has 1 N–H and O–H groups in total. The number of nitro groups is 2. The fourth-order valence-electron chi connectivity index (χ4n) is 1.44. The van der Waals surface area contributed by atoms with E-state index in [4.69, 9.17) is 5.11 Å². The van der Waals surface area contributed by atoms with Gasteiger partial charge in [-0.25, -0.2) is 0 Å². The van der Waals surface area contributed by atoms with Gasteiger partial charge in [0, 0.05) is 0 Å². The molecule has 0 saturated heterocycles. The van der Waals surface area contributed by atoms with Crippen molar-refractivity contribution in [3.8, 4) is 5.75 Å². The lowest BCUT2D eigenvalue weighted by atomic mass is 10.1. The SMILES string of the molecule is O=[N+]([O-])C(CCCc1ccc(O)cc1)[N+](=O)[O-]. The summed E-state index contributed by atoms with van der Waals surface area (Å²) in [7, 11) is 0. The van der Waals surface area contributed by atoms with E-state index in [9.17, 15) is 20.2 Å². The van der Waals surface area contributed by atoms with Crippen molar-refractivity contribution in [2.24, 2.45) is 0 Å². The molecule has 0 fully saturated rings. The van der Waals surface area contributed by atoms with Crippen LogP contribution in [0.15, 0.2) is 24.3 Å². The Hall–Kier alpha value is -2.18. The minimum absolute atomic E-state index is 0.0964. The Morgan fingerprint density at radius 2 is 1.65 bits per heavy atom. The molecule has 0 atom stereocenters. The van der Waals surface area contributed by atoms with E-state index in [0.717, 1.165) is 5.56 Å². The molecule has 0 unspecified atom stereocenters. The topological polar surface area (TPSA) is 107 Å². The van der Waals surface area contributed by atoms with Crippen molar-refractivity contribution in [3.05, 3.63) is 50.1 Å². The van der Waals surface area contributed by atoms with Gasteiger partial charge in [0.25, 0.3) is 0 Å². The molecular weight excluding hydrogens is 228 g/mol. The third-order valence-corrected chi connectivity index (χ3v) is 2.35. The monoisotopic (exact) mass is 240 g/mol. The van der Waals surface area contributed by atoms with Gasteiger partial charge in [0.2, 0.25) is 0 Å². The highest BCUT2D eigenvalue weighted by atomic mass is 16.7. The van der Waals surface area contributed by atoms with Gasteiger partial charge in [0.1, 0.15) is 5.75 Å². The molecule has 0 bridgehead atoms. The second-order valence-corrected chi connectivity index (χ2v) is 3.61. The van der Waals surface area contributed by atoms with Crippen LogP contribution >= 0.6 is 0 Å². The lowest BCUT2D eigenvalue weighted by Gasteiger charge is -2.02. The number of nitrogens with zero attached hydrogens (tertiary/aromatic N) is 2. The first-order valence-electron chi connectivity index (χ1n) is 5.05. The van der Waals surface area contributed by atoms with Gasteiger partial charge in [-0.05, 0) is 30.5 Å². The molecule has 0 aliphatic carbocycles. The molecular formula is C10H12N2O5. The van der Waals surface area contributed by atoms with Gasteiger partial charge in [-0.3, -0.25) is 20.2 Å². The van der Waals surface area contributed by atoms with E-state index in [1.165, 1.54) is 12.1 Å². The predicted molar refractivity (Wildman–Crippen MR) is 58.8 cm³/mol. The molecule has 0 aliphatic heterocycles. The third-order valence-electron chi connectivity index (χ3n) is 2.35. The minimum atomic E-state index is -1.73. The van der Waals surface area contributed by atoms with Crippen LogP contribution in [0.1, 0.15) is 18.4 Å². The van der Waals surface area contributed by atoms with Crippen LogP contribution in [0.5, 0.6) is 5.75 Å². The number of hydrogen-bond donors (Lipinski definition) is 1. The van der Waals surface area contributed by atoms with Crippen LogP contribution in [0.4, 0.5) is 0 Å². The zero-order valence-electron chi connectivity index (χ0n) is 8.98. The Bertz CT molecular complexity index is 390. The second-order valence-electron chi connectivity index (χ2n) is 3.61. The molecule has 1 aromatic carbocycles. The Morgan fingerprint density at radius 3 is 2.12 bits per heavy atom. The Labute approximate surface area is 97.0 Å². The maximum absolute atomic E-state index is 10.4. The first kappa shape index (κ1) is 12.9. The van der Waals surface area contributed by atoms with Gasteiger partial charge in [-0.15, -0.1) is 0 Å². The van der Waals surface area contributed by atoms with Crippen molar-refractivity contribution in [1.82, 2.24) is 0 Å². The minimum Gasteiger partial charge on any atom is -0.508 e. The largest absolute Gasteiger partial charge is 0.508 e. The van der Waals surface area contributed by atoms with Gasteiger partial charge in [-0.1, -0.05) is 12.1 Å². The molecule has 17 heavy (non-hydrogen) atoms. The number of aromatic hydroxyl groups is 1. The summed E-state index contributed by atoms with van der Waals surface area (Å²) < 4.78 is 0. The van der Waals surface area contributed by atoms with Gasteiger partial charge in [0.05, 0.1) is 16.3 Å². The summed E-state index contributed by atoms with van der Waals surface area (Å²) in [4.78, 5) is 19.0. The Kier molecular flexibility index (Phi) is 4.38. The predicted octanol–water partition coefficient (Wildman–Crippen LogP) is 1.59. The summed E-state index contributed by atoms with van der Waals surface area (Å²) in [6, 6.07) is 6.38. The van der Waals surface area contributed by atoms with E-state index in [1.54, 1.807) is 12.1 Å². The van der Waals surface area contributed by atoms with E-state index in [1.807, 2.05) is 0 Å². The highest BCUT2D eigenvalue weighted by Crippen LogP contribution is 2.13. The van der Waals surface area contributed by atoms with Gasteiger partial charge < -0.3 is 5.11 Å². The maximum Gasteiger partial charge on any atom is 0.450 e. The van der Waals surface area contributed by atoms with Crippen LogP contribution in [0, 0.1) is 20.2 Å². The van der Waals surface area contributed by atoms with Crippen LogP contribution in [-0.4, -0.2) is 21.1 Å². The lowest BCUT2D eigenvalue weighted by molar-refractivity contribution is -0.743. The van der Waals surface area contributed by atoms with Gasteiger partial charge in [-0.2, -0.15) is 0 Å². The normalized spacial score (nSPS) is 10.4. The summed E-state index contributed by atoms with van der Waals surface area (Å²) in [6.07, 6.45) is -0.955. The maximum atomic E-state index is 10.4. The van der Waals surface area contributed by atoms with E-state index >= 15 is 0 Å². The van der Waals surface area contributed by atoms with Crippen molar-refractivity contribution in [2.45, 2.75) is 25.4 Å². The van der Waals surface area contributed by atoms with Crippen molar-refractivity contribution < 1.29 is 15.0 Å². The van der Waals surface area contributed by atoms with E-state index in [0.29, 0.717) is 12.8 Å². The molecule has 0 saturated carbocycles. The second kappa shape index (κ2) is 5.78. The summed E-state index contributed by atoms with van der Waals surface area (Å²) in [5.74, 6) is 0.141. The zero-order chi connectivity index (χ0) is 12.8. The first-order valence-corrected chi connectivity index (χ1v) is 5.05. The molecule has 1 aromatic rings. The number of phenolic OH excluding ortho intramolecular Hbond substituents is 1. The molecule has 1 rings (SSSR count). The van der Waals surface area contributed by atoms with Crippen LogP contribution in [0.25, 0.3) is 0 Å². The van der Waals surface area contributed by atoms with E-state index in [-0.39, 0.29) is 12.2 Å². The van der Waals surface area contributed by atoms with E-state index in [2.05, 4.69) is 0 Å². The average Bonchev–Trinajstić information content (AvgIpc) is 2.25. The fourth-order valence-corrected chi connectivity index (χ4v) is 1.44. The number of rotatable bonds is 6. The highest BCUT2D eigenvalue weighted by Gasteiger charge is 2.30. The van der Waals surface area contributed by atoms with Crippen LogP contribution in [-0.2, 0) is 6.42 Å². The Balaban J connectivity index is 2.43. The molecule has 0 aliphatic rings. The van der Waals surface area contributed by atoms with Crippen molar-refractivity contribution in [1.29, 1.82) is 0 Å². The van der Waals surface area contributed by atoms with Crippen LogP contribution in [0.3, 0.4) is 0 Å². The van der Waals surface area contributed by atoms with Gasteiger partial charge in [0.15, 0.2) is 0 Å². The van der Waals surface area contributed by atoms with Crippen molar-refractivity contribution >= 4 is 0 Å². The molecule has 0 radical (unpaired) electrons. The fraction of sp³-hybridized carbons (Fsp3) is 0.400. The lowest BCUT2D eigenvalue weighted by Crippen LogP contribution is -2.28. The first-order chi connectivity index (χ1) is 8.00. The molecule has 0 spiro atoms. The summed E-state index contributed by atoms with van der Waals surface area (Å²) >= 11 is 0. The highest BCUT2D eigenvalue weighted by molar-refractivity contribution is 5.25. The average molecular weight is 240 g/mol. The van der Waals surface area contributed by atoms with Gasteiger partial charge >= 0.3 is 6.17 Å². The van der Waals surface area contributed by atoms with Crippen LogP contribution < -0.4 is 0 Å². The zero-order valence-corrected chi connectivity index (χ0v) is 8.98. The summed E-state index contributed by atoms with van der Waals surface area (Å²) in [6.45, 7) is 0. The molecule has 7 heteroatoms. The number of benzene rings is 1. The van der Waals surface area contributed by atoms with Crippen LogP contribution in [0.2, 0.25) is 0 Å². The smallest absolute Gasteiger partial charge is 0.450 e. The molecule has 92 valence electrons. The summed E-state index contributed by atoms with van der Waals surface area (Å²) in [5, 5.41) is 29.8. The molecule has 0 amide bonds. The quantitative estimate of drug-likeness (QED) is 0.461. The number of phenols is 1. The van der Waals surface area contributed by atoms with Crippen molar-refractivity contribution in [3.63, 3.8) is 0 Å². The van der Waals surface area contributed by atoms with E-state index < -0.39 is 16.0 Å². The number of aryl methyl sites for hydroxylation is 1. The number of hydrogen-bond acceptors (Lipinski definition) is 5. The third kappa shape index (κ3) is 4.06. The molecule has 0 aromatic heterocycles. The summed E-state index contributed by atoms with van der Waals surface area (Å²) in [5.41, 5.74) is 0.883. The molecule has 0 heterocycles. The standard InChI is InChI=1S/C10H12N2O5/c13-9-6-4-8(5-7-9)2-1-3-10(11(14)15)12(16)17/h4-7,10,13H,1-3H2. The van der Waals surface area contributed by atoms with Crippen molar-refractivity contribution in [2.75, 3.05) is 0 Å². The molecule has 7 nitrogen and oxygen atoms in total.